The number of benzene rings is 2. The van der Waals surface area contributed by atoms with Crippen LogP contribution < -0.4 is 4.90 Å². The van der Waals surface area contributed by atoms with Crippen molar-refractivity contribution >= 4 is 23.0 Å². The van der Waals surface area contributed by atoms with Gasteiger partial charge in [0.15, 0.2) is 0 Å². The molecule has 3 rings (SSSR count). The average molecular weight is 307 g/mol. The third kappa shape index (κ3) is 2.69. The van der Waals surface area contributed by atoms with Gasteiger partial charge in [-0.05, 0) is 35.7 Å². The molecule has 0 atom stereocenters. The van der Waals surface area contributed by atoms with Crippen LogP contribution >= 0.6 is 11.6 Å². The summed E-state index contributed by atoms with van der Waals surface area (Å²) in [5, 5.41) is 11.3. The van der Waals surface area contributed by atoms with Crippen molar-refractivity contribution in [2.75, 3.05) is 11.4 Å². The van der Waals surface area contributed by atoms with Crippen molar-refractivity contribution in [2.45, 2.75) is 13.0 Å². The van der Waals surface area contributed by atoms with E-state index in [1.54, 1.807) is 6.07 Å². The summed E-state index contributed by atoms with van der Waals surface area (Å²) < 4.78 is 13.4. The molecule has 1 aliphatic heterocycles. The Morgan fingerprint density at radius 2 is 2.10 bits per heavy atom. The highest BCUT2D eigenvalue weighted by Gasteiger charge is 2.21. The van der Waals surface area contributed by atoms with Crippen molar-refractivity contribution in [3.63, 3.8) is 0 Å². The molecule has 2 aromatic rings. The zero-order valence-corrected chi connectivity index (χ0v) is 11.8. The van der Waals surface area contributed by atoms with Gasteiger partial charge in [0.05, 0.1) is 4.92 Å². The van der Waals surface area contributed by atoms with E-state index in [-0.39, 0.29) is 11.5 Å². The van der Waals surface area contributed by atoms with Gasteiger partial charge in [-0.15, -0.1) is 0 Å². The maximum atomic E-state index is 13.4. The number of anilines is 1. The lowest BCUT2D eigenvalue weighted by atomic mass is 10.1. The molecule has 0 radical (unpaired) electrons. The Kier molecular flexibility index (Phi) is 3.51. The van der Waals surface area contributed by atoms with Crippen LogP contribution in [0.5, 0.6) is 0 Å². The van der Waals surface area contributed by atoms with Crippen LogP contribution in [0.2, 0.25) is 5.02 Å². The smallest absolute Gasteiger partial charge is 0.269 e. The second-order valence-electron chi connectivity index (χ2n) is 4.98. The first kappa shape index (κ1) is 13.8. The molecule has 1 aliphatic rings. The summed E-state index contributed by atoms with van der Waals surface area (Å²) in [6, 6.07) is 9.09. The van der Waals surface area contributed by atoms with E-state index >= 15 is 0 Å². The van der Waals surface area contributed by atoms with Crippen molar-refractivity contribution in [3.05, 3.63) is 68.5 Å². The number of halogens is 2. The molecule has 0 spiro atoms. The van der Waals surface area contributed by atoms with Gasteiger partial charge in [0.1, 0.15) is 5.82 Å². The Hall–Kier alpha value is -2.14. The number of fused-ring (bicyclic) bond motifs is 1. The Bertz CT molecular complexity index is 721. The van der Waals surface area contributed by atoms with Crippen LogP contribution in [0, 0.1) is 15.9 Å². The third-order valence-electron chi connectivity index (χ3n) is 3.64. The minimum absolute atomic E-state index is 0.00747. The Balaban J connectivity index is 1.91. The second-order valence-corrected chi connectivity index (χ2v) is 5.38. The van der Waals surface area contributed by atoms with Crippen LogP contribution in [-0.4, -0.2) is 11.5 Å². The van der Waals surface area contributed by atoms with Crippen molar-refractivity contribution < 1.29 is 9.31 Å². The molecular weight excluding hydrogens is 295 g/mol. The lowest BCUT2D eigenvalue weighted by molar-refractivity contribution is -0.384. The van der Waals surface area contributed by atoms with Gasteiger partial charge >= 0.3 is 0 Å². The number of nitro groups is 1. The summed E-state index contributed by atoms with van der Waals surface area (Å²) in [5.41, 5.74) is 2.59. The Morgan fingerprint density at radius 3 is 2.86 bits per heavy atom. The van der Waals surface area contributed by atoms with Crippen LogP contribution in [0.1, 0.15) is 11.1 Å². The molecule has 6 heteroatoms. The number of nitrogens with zero attached hydrogens (tertiary/aromatic N) is 2. The van der Waals surface area contributed by atoms with Gasteiger partial charge in [0.2, 0.25) is 0 Å². The van der Waals surface area contributed by atoms with E-state index in [9.17, 15) is 14.5 Å². The molecule has 0 aromatic heterocycles. The molecule has 0 bridgehead atoms. The fourth-order valence-corrected chi connectivity index (χ4v) is 2.76. The lowest BCUT2D eigenvalue weighted by Gasteiger charge is -2.20. The monoisotopic (exact) mass is 306 g/mol. The van der Waals surface area contributed by atoms with Crippen LogP contribution in [0.4, 0.5) is 15.8 Å². The summed E-state index contributed by atoms with van der Waals surface area (Å²) in [4.78, 5) is 12.4. The van der Waals surface area contributed by atoms with Crippen molar-refractivity contribution in [1.82, 2.24) is 0 Å². The van der Waals surface area contributed by atoms with E-state index in [4.69, 9.17) is 11.6 Å². The Labute approximate surface area is 125 Å². The molecule has 0 unspecified atom stereocenters. The van der Waals surface area contributed by atoms with E-state index in [2.05, 4.69) is 0 Å². The van der Waals surface area contributed by atoms with Gasteiger partial charge in [0.25, 0.3) is 5.69 Å². The normalized spacial score (nSPS) is 13.3. The maximum Gasteiger partial charge on any atom is 0.269 e. The molecule has 0 aliphatic carbocycles. The first-order chi connectivity index (χ1) is 10.0. The highest BCUT2D eigenvalue weighted by molar-refractivity contribution is 6.31. The largest absolute Gasteiger partial charge is 0.367 e. The fraction of sp³-hybridized carbons (Fsp3) is 0.200. The molecule has 0 fully saturated rings. The van der Waals surface area contributed by atoms with E-state index < -0.39 is 4.92 Å². The number of rotatable bonds is 3. The highest BCUT2D eigenvalue weighted by atomic mass is 35.5. The molecule has 0 N–H and O–H groups in total. The molecule has 21 heavy (non-hydrogen) atoms. The minimum Gasteiger partial charge on any atom is -0.367 e. The summed E-state index contributed by atoms with van der Waals surface area (Å²) in [7, 11) is 0. The minimum atomic E-state index is -0.447. The van der Waals surface area contributed by atoms with E-state index in [0.717, 1.165) is 24.2 Å². The van der Waals surface area contributed by atoms with Gasteiger partial charge in [-0.25, -0.2) is 4.39 Å². The molecule has 0 amide bonds. The van der Waals surface area contributed by atoms with Crippen LogP contribution in [0.3, 0.4) is 0 Å². The van der Waals surface area contributed by atoms with Crippen LogP contribution in [0.25, 0.3) is 0 Å². The molecule has 2 aromatic carbocycles. The molecule has 108 valence electrons. The topological polar surface area (TPSA) is 46.4 Å². The summed E-state index contributed by atoms with van der Waals surface area (Å²) in [5.74, 6) is -0.286. The van der Waals surface area contributed by atoms with E-state index in [0.29, 0.717) is 17.1 Å². The molecule has 4 nitrogen and oxygen atoms in total. The van der Waals surface area contributed by atoms with Crippen LogP contribution in [0.15, 0.2) is 36.4 Å². The first-order valence-corrected chi connectivity index (χ1v) is 6.88. The fourth-order valence-electron chi connectivity index (χ4n) is 2.58. The number of hydrogen-bond donors (Lipinski definition) is 0. The first-order valence-electron chi connectivity index (χ1n) is 6.51. The van der Waals surface area contributed by atoms with Gasteiger partial charge in [0, 0.05) is 35.9 Å². The van der Waals surface area contributed by atoms with E-state index in [1.165, 1.54) is 30.3 Å². The van der Waals surface area contributed by atoms with Gasteiger partial charge in [-0.1, -0.05) is 17.7 Å². The van der Waals surface area contributed by atoms with E-state index in [1.807, 2.05) is 4.90 Å². The molecular formula is C15H12ClFN2O2. The number of non-ortho nitro benzene ring substituents is 1. The Morgan fingerprint density at radius 1 is 1.29 bits per heavy atom. The standard InChI is InChI=1S/C15H12ClFN2O2/c16-14-4-3-13(19(20)21)7-11(14)9-18-6-5-10-1-2-12(17)8-15(10)18/h1-4,7-8H,5-6,9H2. The third-order valence-corrected chi connectivity index (χ3v) is 4.01. The average Bonchev–Trinajstić information content (AvgIpc) is 2.83. The maximum absolute atomic E-state index is 13.4. The van der Waals surface area contributed by atoms with Crippen molar-refractivity contribution in [1.29, 1.82) is 0 Å². The van der Waals surface area contributed by atoms with Crippen molar-refractivity contribution in [3.8, 4) is 0 Å². The molecule has 0 saturated carbocycles. The summed E-state index contributed by atoms with van der Waals surface area (Å²) >= 11 is 6.11. The van der Waals surface area contributed by atoms with Gasteiger partial charge in [-0.2, -0.15) is 0 Å². The zero-order chi connectivity index (χ0) is 15.0. The van der Waals surface area contributed by atoms with Gasteiger partial charge in [-0.3, -0.25) is 10.1 Å². The van der Waals surface area contributed by atoms with Crippen molar-refractivity contribution in [2.24, 2.45) is 0 Å². The number of hydrogen-bond acceptors (Lipinski definition) is 3. The highest BCUT2D eigenvalue weighted by Crippen LogP contribution is 2.32. The van der Waals surface area contributed by atoms with Crippen LogP contribution in [-0.2, 0) is 13.0 Å². The molecule has 1 heterocycles. The summed E-state index contributed by atoms with van der Waals surface area (Å²) in [6.45, 7) is 1.18. The second kappa shape index (κ2) is 5.33. The quantitative estimate of drug-likeness (QED) is 0.637. The summed E-state index contributed by atoms with van der Waals surface area (Å²) in [6.07, 6.45) is 0.835. The lowest BCUT2D eigenvalue weighted by Crippen LogP contribution is -2.20. The zero-order valence-electron chi connectivity index (χ0n) is 11.1. The molecule has 0 saturated heterocycles. The number of nitro benzene ring substituents is 1. The predicted octanol–water partition coefficient (Wildman–Crippen LogP) is 3.95. The predicted molar refractivity (Wildman–Crippen MR) is 79.3 cm³/mol. The van der Waals surface area contributed by atoms with Gasteiger partial charge < -0.3 is 4.90 Å². The SMILES string of the molecule is O=[N+]([O-])c1ccc(Cl)c(CN2CCc3ccc(F)cc32)c1.